The van der Waals surface area contributed by atoms with Crippen LogP contribution < -0.4 is 15.4 Å². The number of methoxy groups -OCH3 is 1. The van der Waals surface area contributed by atoms with Crippen LogP contribution in [-0.4, -0.2) is 37.4 Å². The highest BCUT2D eigenvalue weighted by molar-refractivity contribution is 5.69. The van der Waals surface area contributed by atoms with Gasteiger partial charge in [0, 0.05) is 25.8 Å². The van der Waals surface area contributed by atoms with Crippen molar-refractivity contribution in [3.05, 3.63) is 12.1 Å². The van der Waals surface area contributed by atoms with Crippen LogP contribution in [0, 0.1) is 0 Å². The molecule has 0 aliphatic carbocycles. The average Bonchev–Trinajstić information content (AvgIpc) is 2.39. The Morgan fingerprint density at radius 2 is 2.18 bits per heavy atom. The number of hydrogen-bond donors (Lipinski definition) is 2. The highest BCUT2D eigenvalue weighted by Gasteiger charge is 2.36. The third kappa shape index (κ3) is 1.91. The second-order valence-corrected chi connectivity index (χ2v) is 4.62. The first-order chi connectivity index (χ1) is 8.31. The molecule has 5 nitrogen and oxygen atoms in total. The Bertz CT molecular complexity index is 416. The molecular formula is C12H17N3O2. The summed E-state index contributed by atoms with van der Waals surface area (Å²) in [4.78, 5) is 4.44. The van der Waals surface area contributed by atoms with Crippen LogP contribution in [0.2, 0.25) is 0 Å². The third-order valence-corrected chi connectivity index (χ3v) is 3.53. The zero-order valence-corrected chi connectivity index (χ0v) is 9.95. The molecule has 0 unspecified atom stereocenters. The summed E-state index contributed by atoms with van der Waals surface area (Å²) in [5.41, 5.74) is 1.13. The van der Waals surface area contributed by atoms with Gasteiger partial charge in [-0.15, -0.1) is 0 Å². The summed E-state index contributed by atoms with van der Waals surface area (Å²) in [6.07, 6.45) is 2.02. The molecule has 92 valence electrons. The van der Waals surface area contributed by atoms with Gasteiger partial charge in [0.2, 0.25) is 5.88 Å². The first-order valence-electron chi connectivity index (χ1n) is 5.96. The van der Waals surface area contributed by atoms with E-state index in [0.29, 0.717) is 5.88 Å². The smallest absolute Gasteiger partial charge is 0.215 e. The van der Waals surface area contributed by atoms with Gasteiger partial charge in [-0.3, -0.25) is 0 Å². The van der Waals surface area contributed by atoms with E-state index in [-0.39, 0.29) is 5.54 Å². The fourth-order valence-electron chi connectivity index (χ4n) is 2.42. The number of nitrogens with zero attached hydrogens (tertiary/aromatic N) is 1. The van der Waals surface area contributed by atoms with Gasteiger partial charge in [-0.1, -0.05) is 0 Å². The molecule has 1 aromatic rings. The number of pyridine rings is 1. The van der Waals surface area contributed by atoms with Crippen LogP contribution in [0.1, 0.15) is 12.8 Å². The van der Waals surface area contributed by atoms with E-state index >= 15 is 0 Å². The summed E-state index contributed by atoms with van der Waals surface area (Å²) >= 11 is 0. The predicted molar refractivity (Wildman–Crippen MR) is 65.7 cm³/mol. The molecule has 17 heavy (non-hydrogen) atoms. The molecule has 0 aromatic carbocycles. The van der Waals surface area contributed by atoms with Gasteiger partial charge < -0.3 is 20.1 Å². The number of hydrogen-bond acceptors (Lipinski definition) is 5. The number of nitrogens with one attached hydrogen (secondary N) is 2. The zero-order valence-electron chi connectivity index (χ0n) is 9.95. The maximum Gasteiger partial charge on any atom is 0.215 e. The van der Waals surface area contributed by atoms with E-state index in [1.807, 2.05) is 12.1 Å². The van der Waals surface area contributed by atoms with Crippen LogP contribution in [0.5, 0.6) is 5.88 Å². The van der Waals surface area contributed by atoms with Crippen molar-refractivity contribution in [3.63, 3.8) is 0 Å². The van der Waals surface area contributed by atoms with Crippen LogP contribution >= 0.6 is 0 Å². The molecular weight excluding hydrogens is 218 g/mol. The number of fused-ring (bicyclic) bond motifs is 1. The molecule has 3 heterocycles. The Morgan fingerprint density at radius 3 is 2.94 bits per heavy atom. The SMILES string of the molecule is COc1ccc2c(n1)NC1(CCOCC1)CN2. The second-order valence-electron chi connectivity index (χ2n) is 4.62. The average molecular weight is 235 g/mol. The predicted octanol–water partition coefficient (Wildman–Crippen LogP) is 1.48. The fraction of sp³-hybridized carbons (Fsp3) is 0.583. The normalized spacial score (nSPS) is 21.2. The zero-order chi connectivity index (χ0) is 11.7. The van der Waals surface area contributed by atoms with E-state index in [4.69, 9.17) is 9.47 Å². The minimum Gasteiger partial charge on any atom is -0.481 e. The molecule has 0 atom stereocenters. The van der Waals surface area contributed by atoms with Gasteiger partial charge in [0.15, 0.2) is 5.82 Å². The van der Waals surface area contributed by atoms with Crippen molar-refractivity contribution < 1.29 is 9.47 Å². The summed E-state index contributed by atoms with van der Waals surface area (Å²) in [5.74, 6) is 1.53. The molecule has 1 fully saturated rings. The lowest BCUT2D eigenvalue weighted by Crippen LogP contribution is -2.51. The lowest BCUT2D eigenvalue weighted by Gasteiger charge is -2.42. The van der Waals surface area contributed by atoms with E-state index in [1.165, 1.54) is 0 Å². The first-order valence-corrected chi connectivity index (χ1v) is 5.96. The highest BCUT2D eigenvalue weighted by atomic mass is 16.5. The molecule has 2 aliphatic rings. The lowest BCUT2D eigenvalue weighted by molar-refractivity contribution is 0.0633. The minimum atomic E-state index is 0.0879. The first kappa shape index (κ1) is 10.7. The van der Waals surface area contributed by atoms with Crippen LogP contribution in [0.25, 0.3) is 0 Å². The number of rotatable bonds is 1. The molecule has 0 amide bonds. The van der Waals surface area contributed by atoms with Crippen molar-refractivity contribution in [2.75, 3.05) is 37.5 Å². The maximum atomic E-state index is 5.42. The van der Waals surface area contributed by atoms with Gasteiger partial charge >= 0.3 is 0 Å². The molecule has 2 aliphatic heterocycles. The Hall–Kier alpha value is -1.49. The van der Waals surface area contributed by atoms with Crippen molar-refractivity contribution >= 4 is 11.5 Å². The van der Waals surface area contributed by atoms with Gasteiger partial charge in [-0.25, -0.2) is 0 Å². The molecule has 3 rings (SSSR count). The molecule has 0 saturated carbocycles. The highest BCUT2D eigenvalue weighted by Crippen LogP contribution is 2.34. The van der Waals surface area contributed by atoms with Crippen LogP contribution in [0.4, 0.5) is 11.5 Å². The van der Waals surface area contributed by atoms with Crippen LogP contribution in [0.3, 0.4) is 0 Å². The molecule has 1 spiro atoms. The van der Waals surface area contributed by atoms with E-state index in [0.717, 1.165) is 44.1 Å². The standard InChI is InChI=1S/C12H17N3O2/c1-16-10-3-2-9-11(14-10)15-12(8-13-9)4-6-17-7-5-12/h2-3,13H,4-8H2,1H3,(H,14,15). The largest absolute Gasteiger partial charge is 0.481 e. The van der Waals surface area contributed by atoms with Crippen molar-refractivity contribution in [3.8, 4) is 5.88 Å². The summed E-state index contributed by atoms with van der Waals surface area (Å²) in [7, 11) is 1.63. The molecule has 1 saturated heterocycles. The Kier molecular flexibility index (Phi) is 2.55. The van der Waals surface area contributed by atoms with Crippen molar-refractivity contribution in [2.24, 2.45) is 0 Å². The van der Waals surface area contributed by atoms with E-state index in [2.05, 4.69) is 15.6 Å². The topological polar surface area (TPSA) is 55.4 Å². The number of aromatic nitrogens is 1. The maximum absolute atomic E-state index is 5.42. The van der Waals surface area contributed by atoms with Crippen LogP contribution in [0.15, 0.2) is 12.1 Å². The summed E-state index contributed by atoms with van der Waals surface area (Å²) in [6.45, 7) is 2.55. The van der Waals surface area contributed by atoms with Crippen molar-refractivity contribution in [1.82, 2.24) is 4.98 Å². The fourth-order valence-corrected chi connectivity index (χ4v) is 2.42. The molecule has 0 bridgehead atoms. The van der Waals surface area contributed by atoms with E-state index in [9.17, 15) is 0 Å². The Morgan fingerprint density at radius 1 is 1.35 bits per heavy atom. The van der Waals surface area contributed by atoms with E-state index in [1.54, 1.807) is 7.11 Å². The number of ether oxygens (including phenoxy) is 2. The molecule has 2 N–H and O–H groups in total. The van der Waals surface area contributed by atoms with Crippen LogP contribution in [-0.2, 0) is 4.74 Å². The Labute approximate surface area is 101 Å². The lowest BCUT2D eigenvalue weighted by atomic mass is 9.88. The van der Waals surface area contributed by atoms with Gasteiger partial charge in [0.05, 0.1) is 18.3 Å². The summed E-state index contributed by atoms with van der Waals surface area (Å²) in [6, 6.07) is 3.87. The third-order valence-electron chi connectivity index (χ3n) is 3.53. The van der Waals surface area contributed by atoms with Gasteiger partial charge in [-0.05, 0) is 18.9 Å². The second kappa shape index (κ2) is 4.07. The Balaban J connectivity index is 1.87. The quantitative estimate of drug-likeness (QED) is 0.772. The van der Waals surface area contributed by atoms with E-state index < -0.39 is 0 Å². The molecule has 5 heteroatoms. The van der Waals surface area contributed by atoms with Gasteiger partial charge in [0.25, 0.3) is 0 Å². The van der Waals surface area contributed by atoms with Crippen molar-refractivity contribution in [2.45, 2.75) is 18.4 Å². The van der Waals surface area contributed by atoms with Gasteiger partial charge in [0.1, 0.15) is 0 Å². The van der Waals surface area contributed by atoms with Gasteiger partial charge in [-0.2, -0.15) is 4.98 Å². The molecule has 0 radical (unpaired) electrons. The monoisotopic (exact) mass is 235 g/mol. The minimum absolute atomic E-state index is 0.0879. The number of anilines is 2. The molecule has 1 aromatic heterocycles. The summed E-state index contributed by atoms with van der Waals surface area (Å²) < 4.78 is 10.6. The van der Waals surface area contributed by atoms with Crippen molar-refractivity contribution in [1.29, 1.82) is 0 Å². The summed E-state index contributed by atoms with van der Waals surface area (Å²) in [5, 5.41) is 6.99.